The molecule has 26 valence electrons. The lowest BCUT2D eigenvalue weighted by Gasteiger charge is -1.43. The zero-order chi connectivity index (χ0) is 3.54. The lowest BCUT2D eigenvalue weighted by atomic mass is 15.9. The SMILES string of the molecule is o1pppp1. The first kappa shape index (κ1) is 4.17. The summed E-state index contributed by atoms with van der Waals surface area (Å²) in [5.74, 6) is 0. The van der Waals surface area contributed by atoms with Gasteiger partial charge < -0.3 is 3.98 Å². The van der Waals surface area contributed by atoms with Gasteiger partial charge in [0.1, 0.15) is 0 Å². The van der Waals surface area contributed by atoms with Crippen LogP contribution in [0, 0.1) is 0 Å². The van der Waals surface area contributed by atoms with Crippen LogP contribution in [0.2, 0.25) is 0 Å². The molecule has 0 amide bonds. The van der Waals surface area contributed by atoms with Crippen LogP contribution in [0.25, 0.3) is 0 Å². The summed E-state index contributed by atoms with van der Waals surface area (Å²) in [6, 6.07) is 0. The molecule has 0 aliphatic carbocycles. The van der Waals surface area contributed by atoms with Crippen LogP contribution in [-0.4, -0.2) is 0 Å². The fraction of sp³-hybridized carbons (Fsp3) is 0. The van der Waals surface area contributed by atoms with Gasteiger partial charge in [0.15, 0.2) is 16.2 Å². The van der Waals surface area contributed by atoms with Gasteiger partial charge in [-0.25, -0.2) is 0 Å². The molecule has 0 radical (unpaired) electrons. The zero-order valence-corrected chi connectivity index (χ0v) is 5.77. The molecule has 0 fully saturated rings. The molecule has 0 atom stereocenters. The summed E-state index contributed by atoms with van der Waals surface area (Å²) < 4.78 is 4.86. The molecule has 0 saturated heterocycles. The van der Waals surface area contributed by atoms with Crippen LogP contribution in [0.3, 0.4) is 0 Å². The van der Waals surface area contributed by atoms with Crippen molar-refractivity contribution >= 4 is 31.3 Å². The van der Waals surface area contributed by atoms with Gasteiger partial charge in [-0.2, -0.15) is 0 Å². The quantitative estimate of drug-likeness (QED) is 0.536. The Bertz CT molecular complexity index is 60.1. The smallest absolute Gasteiger partial charge is 0.167 e. The van der Waals surface area contributed by atoms with Crippen molar-refractivity contribution in [3.63, 3.8) is 0 Å². The summed E-state index contributed by atoms with van der Waals surface area (Å²) in [4.78, 5) is 0. The van der Waals surface area contributed by atoms with E-state index in [9.17, 15) is 0 Å². The van der Waals surface area contributed by atoms with Crippen LogP contribution in [0.5, 0.6) is 0 Å². The van der Waals surface area contributed by atoms with Gasteiger partial charge >= 0.3 is 0 Å². The van der Waals surface area contributed by atoms with Crippen LogP contribution < -0.4 is 0 Å². The lowest BCUT2D eigenvalue weighted by molar-refractivity contribution is 0.857. The Balaban J connectivity index is 3.13. The van der Waals surface area contributed by atoms with Crippen LogP contribution in [0.15, 0.2) is 3.98 Å². The predicted molar refractivity (Wildman–Crippen MR) is 28.8 cm³/mol. The first-order valence-corrected chi connectivity index (χ1v) is 6.50. The van der Waals surface area contributed by atoms with Crippen molar-refractivity contribution in [3.05, 3.63) is 0 Å². The highest BCUT2D eigenvalue weighted by atomic mass is 32.3. The minimum Gasteiger partial charge on any atom is -0.412 e. The maximum Gasteiger partial charge on any atom is 0.167 e. The number of rotatable bonds is 0. The van der Waals surface area contributed by atoms with Crippen LogP contribution >= 0.6 is 31.3 Å². The van der Waals surface area contributed by atoms with E-state index in [4.69, 9.17) is 3.98 Å². The molecule has 1 nitrogen and oxygen atoms in total. The van der Waals surface area contributed by atoms with Gasteiger partial charge in [-0.3, -0.25) is 0 Å². The third-order valence-electron chi connectivity index (χ3n) is 0.186. The maximum atomic E-state index is 4.86. The van der Waals surface area contributed by atoms with Crippen LogP contribution in [0.1, 0.15) is 0 Å². The molecule has 5 heavy (non-hydrogen) atoms. The molecule has 0 aliphatic heterocycles. The lowest BCUT2D eigenvalue weighted by Crippen LogP contribution is -0.801. The Labute approximate surface area is 36.1 Å². The van der Waals surface area contributed by atoms with Gasteiger partial charge in [-0.05, 0) is 0 Å². The van der Waals surface area contributed by atoms with Crippen molar-refractivity contribution < 1.29 is 3.98 Å². The average molecular weight is 140 g/mol. The molecule has 0 bridgehead atoms. The molecule has 0 unspecified atom stereocenters. The van der Waals surface area contributed by atoms with Crippen LogP contribution in [0.4, 0.5) is 0 Å². The summed E-state index contributed by atoms with van der Waals surface area (Å²) in [5, 5.41) is 0. The molecular weight excluding hydrogens is 140 g/mol. The predicted octanol–water partition coefficient (Wildman–Crippen LogP) is 3.60. The second-order valence-electron chi connectivity index (χ2n) is 0.424. The fourth-order valence-corrected chi connectivity index (χ4v) is 6.61. The normalized spacial score (nSPS) is 14.4. The maximum absolute atomic E-state index is 4.86. The Kier molecular flexibility index (Phi) is 1.85. The van der Waals surface area contributed by atoms with Crippen molar-refractivity contribution in [1.82, 2.24) is 0 Å². The van der Waals surface area contributed by atoms with Gasteiger partial charge in [0.2, 0.25) is 0 Å². The third-order valence-corrected chi connectivity index (χ3v) is 7.18. The van der Waals surface area contributed by atoms with E-state index in [1.807, 2.05) is 0 Å². The summed E-state index contributed by atoms with van der Waals surface area (Å²) in [6.07, 6.45) is 0. The molecule has 1 heterocycles. The molecule has 5 heteroatoms. The van der Waals surface area contributed by atoms with Gasteiger partial charge in [-0.15, -0.1) is 0 Å². The summed E-state index contributed by atoms with van der Waals surface area (Å²) >= 11 is 0. The van der Waals surface area contributed by atoms with E-state index >= 15 is 0 Å². The second kappa shape index (κ2) is 2.22. The van der Waals surface area contributed by atoms with Gasteiger partial charge in [-0.1, -0.05) is 0 Å². The van der Waals surface area contributed by atoms with Crippen molar-refractivity contribution in [2.45, 2.75) is 0 Å². The van der Waals surface area contributed by atoms with E-state index in [1.54, 1.807) is 0 Å². The highest BCUT2D eigenvalue weighted by Crippen LogP contribution is 2.39. The van der Waals surface area contributed by atoms with Crippen molar-refractivity contribution in [2.75, 3.05) is 0 Å². The van der Waals surface area contributed by atoms with Gasteiger partial charge in [0.05, 0.1) is 0 Å². The van der Waals surface area contributed by atoms with Crippen molar-refractivity contribution in [1.29, 1.82) is 0 Å². The summed E-state index contributed by atoms with van der Waals surface area (Å²) in [7, 11) is 5.08. The monoisotopic (exact) mass is 140 g/mol. The molecule has 1 rings (SSSR count). The third kappa shape index (κ3) is 1.25. The van der Waals surface area contributed by atoms with Gasteiger partial charge in [0, 0.05) is 15.1 Å². The number of hydrogen-bond acceptors (Lipinski definition) is 1. The first-order chi connectivity index (χ1) is 2.50. The van der Waals surface area contributed by atoms with E-state index in [2.05, 4.69) is 0 Å². The Morgan fingerprint density at radius 1 is 1.00 bits per heavy atom. The fourth-order valence-electron chi connectivity index (χ4n) is 0.0816. The van der Waals surface area contributed by atoms with E-state index in [0.717, 1.165) is 16.2 Å². The molecule has 1 aromatic rings. The van der Waals surface area contributed by atoms with E-state index in [-0.39, 0.29) is 0 Å². The average Bonchev–Trinajstić information content (AvgIpc) is 1.76. The highest BCUT2D eigenvalue weighted by molar-refractivity contribution is 8.30. The molecular formula is OP4. The number of hydrogen-bond donors (Lipinski definition) is 0. The van der Waals surface area contributed by atoms with Crippen LogP contribution in [-0.2, 0) is 0 Å². The van der Waals surface area contributed by atoms with E-state index < -0.39 is 0 Å². The molecule has 0 saturated carbocycles. The minimum absolute atomic E-state index is 1.14. The molecule has 1 aromatic heterocycles. The standard InChI is InChI=1S/OP4/c1-2-4-5-3-1. The second-order valence-corrected chi connectivity index (χ2v) is 7.03. The van der Waals surface area contributed by atoms with Crippen molar-refractivity contribution in [2.24, 2.45) is 0 Å². The Morgan fingerprint density at radius 3 is 1.80 bits per heavy atom. The van der Waals surface area contributed by atoms with E-state index in [0.29, 0.717) is 0 Å². The molecule has 0 aromatic carbocycles. The molecule has 0 N–H and O–H groups in total. The Hall–Kier alpha value is 1.00. The van der Waals surface area contributed by atoms with Crippen molar-refractivity contribution in [3.8, 4) is 0 Å². The summed E-state index contributed by atoms with van der Waals surface area (Å²) in [5.41, 5.74) is 0. The van der Waals surface area contributed by atoms with Gasteiger partial charge in [0.25, 0.3) is 0 Å². The van der Waals surface area contributed by atoms with E-state index in [1.165, 1.54) is 15.1 Å². The largest absolute Gasteiger partial charge is 0.412 e. The zero-order valence-electron chi connectivity index (χ0n) is 2.20. The summed E-state index contributed by atoms with van der Waals surface area (Å²) in [6.45, 7) is 0. The Morgan fingerprint density at radius 2 is 1.60 bits per heavy atom. The molecule has 0 spiro atoms. The minimum atomic E-state index is 1.14. The highest BCUT2D eigenvalue weighted by Gasteiger charge is 1.65. The molecule has 0 aliphatic rings. The topological polar surface area (TPSA) is 13.1 Å². The first-order valence-electron chi connectivity index (χ1n) is 0.965.